The van der Waals surface area contributed by atoms with Gasteiger partial charge >= 0.3 is 0 Å². The average molecular weight is 238 g/mol. The van der Waals surface area contributed by atoms with Crippen LogP contribution in [0.15, 0.2) is 24.3 Å². The Labute approximate surface area is 101 Å². The fraction of sp³-hybridized carbons (Fsp3) is 0.462. The van der Waals surface area contributed by atoms with Crippen molar-refractivity contribution in [1.29, 1.82) is 0 Å². The molecule has 0 bridgehead atoms. The van der Waals surface area contributed by atoms with E-state index in [1.165, 1.54) is 12.1 Å². The summed E-state index contributed by atoms with van der Waals surface area (Å²) in [5, 5.41) is 5.75. The summed E-state index contributed by atoms with van der Waals surface area (Å²) >= 11 is 0. The summed E-state index contributed by atoms with van der Waals surface area (Å²) in [5.74, 6) is -0.00506. The molecule has 0 aliphatic carbocycles. The largest absolute Gasteiger partial charge is 0.376 e. The third kappa shape index (κ3) is 4.85. The summed E-state index contributed by atoms with van der Waals surface area (Å²) in [6.07, 6.45) is 0. The molecule has 3 nitrogen and oxygen atoms in total. The van der Waals surface area contributed by atoms with Crippen molar-refractivity contribution in [1.82, 2.24) is 5.32 Å². The summed E-state index contributed by atoms with van der Waals surface area (Å²) in [6.45, 7) is 6.21. The third-order valence-electron chi connectivity index (χ3n) is 2.67. The Hall–Kier alpha value is -1.58. The van der Waals surface area contributed by atoms with Crippen molar-refractivity contribution < 1.29 is 9.18 Å². The monoisotopic (exact) mass is 238 g/mol. The molecule has 94 valence electrons. The van der Waals surface area contributed by atoms with Gasteiger partial charge in [0.05, 0.1) is 6.54 Å². The van der Waals surface area contributed by atoms with Gasteiger partial charge in [0.2, 0.25) is 5.91 Å². The quantitative estimate of drug-likeness (QED) is 0.827. The molecule has 0 aliphatic heterocycles. The van der Waals surface area contributed by atoms with Gasteiger partial charge in [0.25, 0.3) is 0 Å². The Bertz CT molecular complexity index is 379. The van der Waals surface area contributed by atoms with Gasteiger partial charge in [-0.2, -0.15) is 0 Å². The van der Waals surface area contributed by atoms with Crippen LogP contribution in [0.3, 0.4) is 0 Å². The van der Waals surface area contributed by atoms with Gasteiger partial charge in [0.1, 0.15) is 5.82 Å². The molecule has 0 saturated carbocycles. The summed E-state index contributed by atoms with van der Waals surface area (Å²) in [5.41, 5.74) is 0.609. The van der Waals surface area contributed by atoms with Crippen LogP contribution >= 0.6 is 0 Å². The Morgan fingerprint density at radius 3 is 2.65 bits per heavy atom. The first-order valence-corrected chi connectivity index (χ1v) is 5.78. The average Bonchev–Trinajstić information content (AvgIpc) is 2.26. The lowest BCUT2D eigenvalue weighted by atomic mass is 10.1. The standard InChI is InChI=1S/C13H19FN2O/c1-9(2)10(3)16-13(17)8-15-12-6-4-5-11(14)7-12/h4-7,9-10,15H,8H2,1-3H3,(H,16,17). The third-order valence-corrected chi connectivity index (χ3v) is 2.67. The van der Waals surface area contributed by atoms with Gasteiger partial charge < -0.3 is 10.6 Å². The minimum atomic E-state index is -0.314. The van der Waals surface area contributed by atoms with Crippen LogP contribution in [0.4, 0.5) is 10.1 Å². The van der Waals surface area contributed by atoms with Crippen molar-refractivity contribution in [3.63, 3.8) is 0 Å². The molecule has 0 aromatic heterocycles. The van der Waals surface area contributed by atoms with Gasteiger partial charge in [-0.3, -0.25) is 4.79 Å². The van der Waals surface area contributed by atoms with E-state index in [1.54, 1.807) is 12.1 Å². The molecule has 1 amide bonds. The van der Waals surface area contributed by atoms with Gasteiger partial charge in [-0.15, -0.1) is 0 Å². The van der Waals surface area contributed by atoms with Gasteiger partial charge in [-0.05, 0) is 31.0 Å². The van der Waals surface area contributed by atoms with Crippen LogP contribution in [0.2, 0.25) is 0 Å². The number of halogens is 1. The van der Waals surface area contributed by atoms with E-state index in [2.05, 4.69) is 10.6 Å². The molecule has 0 fully saturated rings. The van der Waals surface area contributed by atoms with Gasteiger partial charge in [-0.1, -0.05) is 19.9 Å². The van der Waals surface area contributed by atoms with E-state index < -0.39 is 0 Å². The van der Waals surface area contributed by atoms with Crippen molar-refractivity contribution in [3.05, 3.63) is 30.1 Å². The predicted molar refractivity (Wildman–Crippen MR) is 67.3 cm³/mol. The van der Waals surface area contributed by atoms with Gasteiger partial charge in [-0.25, -0.2) is 4.39 Å². The van der Waals surface area contributed by atoms with Crippen LogP contribution in [0.25, 0.3) is 0 Å². The number of hydrogen-bond acceptors (Lipinski definition) is 2. The van der Waals surface area contributed by atoms with Crippen LogP contribution in [0, 0.1) is 11.7 Å². The first kappa shape index (κ1) is 13.5. The Morgan fingerprint density at radius 1 is 1.35 bits per heavy atom. The molecule has 0 spiro atoms. The molecule has 0 heterocycles. The zero-order valence-electron chi connectivity index (χ0n) is 10.5. The van der Waals surface area contributed by atoms with E-state index in [-0.39, 0.29) is 24.3 Å². The lowest BCUT2D eigenvalue weighted by molar-refractivity contribution is -0.120. The zero-order chi connectivity index (χ0) is 12.8. The van der Waals surface area contributed by atoms with Crippen molar-refractivity contribution in [2.75, 3.05) is 11.9 Å². The molecule has 17 heavy (non-hydrogen) atoms. The molecule has 1 unspecified atom stereocenters. The highest BCUT2D eigenvalue weighted by Crippen LogP contribution is 2.08. The minimum absolute atomic E-state index is 0.0875. The van der Waals surface area contributed by atoms with E-state index in [0.717, 1.165) is 0 Å². The number of amides is 1. The SMILES string of the molecule is CC(C)C(C)NC(=O)CNc1cccc(F)c1. The van der Waals surface area contributed by atoms with Crippen LogP contribution < -0.4 is 10.6 Å². The molecule has 0 radical (unpaired) electrons. The van der Waals surface area contributed by atoms with E-state index in [0.29, 0.717) is 11.6 Å². The molecule has 1 aromatic carbocycles. The molecule has 1 atom stereocenters. The second-order valence-corrected chi connectivity index (χ2v) is 4.46. The van der Waals surface area contributed by atoms with E-state index in [9.17, 15) is 9.18 Å². The number of rotatable bonds is 5. The molecule has 1 aromatic rings. The first-order valence-electron chi connectivity index (χ1n) is 5.78. The van der Waals surface area contributed by atoms with Crippen LogP contribution in [-0.4, -0.2) is 18.5 Å². The first-order chi connectivity index (χ1) is 7.99. The van der Waals surface area contributed by atoms with Crippen LogP contribution in [-0.2, 0) is 4.79 Å². The fourth-order valence-corrected chi connectivity index (χ4v) is 1.25. The lowest BCUT2D eigenvalue weighted by Crippen LogP contribution is -2.39. The molecule has 2 N–H and O–H groups in total. The highest BCUT2D eigenvalue weighted by atomic mass is 19.1. The van der Waals surface area contributed by atoms with E-state index in [1.807, 2.05) is 20.8 Å². The predicted octanol–water partition coefficient (Wildman–Crippen LogP) is 2.40. The molecule has 0 aliphatic rings. The lowest BCUT2D eigenvalue weighted by Gasteiger charge is -2.17. The number of anilines is 1. The van der Waals surface area contributed by atoms with Gasteiger partial charge in [0, 0.05) is 11.7 Å². The van der Waals surface area contributed by atoms with Gasteiger partial charge in [0.15, 0.2) is 0 Å². The Balaban J connectivity index is 2.38. The summed E-state index contributed by atoms with van der Waals surface area (Å²) in [6, 6.07) is 6.19. The second kappa shape index (κ2) is 6.23. The summed E-state index contributed by atoms with van der Waals surface area (Å²) in [4.78, 5) is 11.5. The normalized spacial score (nSPS) is 12.3. The number of benzene rings is 1. The van der Waals surface area contributed by atoms with Crippen molar-refractivity contribution in [2.24, 2.45) is 5.92 Å². The summed E-state index contributed by atoms with van der Waals surface area (Å²) < 4.78 is 12.9. The van der Waals surface area contributed by atoms with E-state index in [4.69, 9.17) is 0 Å². The smallest absolute Gasteiger partial charge is 0.239 e. The number of hydrogen-bond donors (Lipinski definition) is 2. The molecule has 1 rings (SSSR count). The number of carbonyl (C=O) groups is 1. The highest BCUT2D eigenvalue weighted by Gasteiger charge is 2.10. The topological polar surface area (TPSA) is 41.1 Å². The second-order valence-electron chi connectivity index (χ2n) is 4.46. The molecule has 4 heteroatoms. The molecule has 0 saturated heterocycles. The van der Waals surface area contributed by atoms with E-state index >= 15 is 0 Å². The maximum Gasteiger partial charge on any atom is 0.239 e. The fourth-order valence-electron chi connectivity index (χ4n) is 1.25. The van der Waals surface area contributed by atoms with Crippen LogP contribution in [0.5, 0.6) is 0 Å². The maximum absolute atomic E-state index is 12.9. The molecular formula is C13H19FN2O. The maximum atomic E-state index is 12.9. The van der Waals surface area contributed by atoms with Crippen molar-refractivity contribution >= 4 is 11.6 Å². The Morgan fingerprint density at radius 2 is 2.06 bits per heavy atom. The molecular weight excluding hydrogens is 219 g/mol. The van der Waals surface area contributed by atoms with Crippen LogP contribution in [0.1, 0.15) is 20.8 Å². The van der Waals surface area contributed by atoms with Crippen molar-refractivity contribution in [3.8, 4) is 0 Å². The summed E-state index contributed by atoms with van der Waals surface area (Å²) in [7, 11) is 0. The highest BCUT2D eigenvalue weighted by molar-refractivity contribution is 5.80. The van der Waals surface area contributed by atoms with Crippen molar-refractivity contribution in [2.45, 2.75) is 26.8 Å². The number of carbonyl (C=O) groups excluding carboxylic acids is 1. The zero-order valence-corrected chi connectivity index (χ0v) is 10.5. The Kier molecular flexibility index (Phi) is 4.94. The minimum Gasteiger partial charge on any atom is -0.376 e. The number of nitrogens with one attached hydrogen (secondary N) is 2.